The van der Waals surface area contributed by atoms with Gasteiger partial charge in [0.2, 0.25) is 5.91 Å². The van der Waals surface area contributed by atoms with Crippen LogP contribution in [0.1, 0.15) is 5.76 Å². The SMILES string of the molecule is O=C1CN(N=Cc2ccc(-c3ccc([N+](=O)[O-])cc3)o2)C(=O)N1.O=[As]O[As]=O.[LiH]. The molecule has 1 aromatic carbocycles. The Morgan fingerprint density at radius 1 is 1.17 bits per heavy atom. The molecule has 0 radical (unpaired) electrons. The number of furan rings is 1. The summed E-state index contributed by atoms with van der Waals surface area (Å²) in [5.41, 5.74) is 0.663. The quantitative estimate of drug-likeness (QED) is 0.184. The Morgan fingerprint density at radius 3 is 2.31 bits per heavy atom. The van der Waals surface area contributed by atoms with Gasteiger partial charge < -0.3 is 4.42 Å². The first-order valence-electron chi connectivity index (χ1n) is 7.26. The average Bonchev–Trinajstić information content (AvgIpc) is 3.27. The zero-order chi connectivity index (χ0) is 20.5. The molecule has 146 valence electrons. The van der Waals surface area contributed by atoms with Crippen molar-refractivity contribution in [1.82, 2.24) is 10.3 Å². The molecular formula is C14H11As2LiN4O8. The van der Waals surface area contributed by atoms with Gasteiger partial charge in [0.25, 0.3) is 5.69 Å². The third-order valence-corrected chi connectivity index (χ3v) is 4.89. The second-order valence-electron chi connectivity index (χ2n) is 4.89. The fraction of sp³-hybridized carbons (Fsp3) is 0.0714. The molecule has 1 N–H and O–H groups in total. The second kappa shape index (κ2) is 12.4. The summed E-state index contributed by atoms with van der Waals surface area (Å²) < 4.78 is 27.9. The molecule has 0 unspecified atom stereocenters. The monoisotopic (exact) mass is 520 g/mol. The van der Waals surface area contributed by atoms with Gasteiger partial charge in [-0.05, 0) is 24.3 Å². The summed E-state index contributed by atoms with van der Waals surface area (Å²) in [6.45, 7) is -0.134. The Kier molecular flexibility index (Phi) is 10.6. The fourth-order valence-electron chi connectivity index (χ4n) is 1.99. The van der Waals surface area contributed by atoms with Gasteiger partial charge in [-0.2, -0.15) is 5.10 Å². The van der Waals surface area contributed by atoms with Crippen molar-refractivity contribution in [3.8, 4) is 11.3 Å². The molecule has 0 bridgehead atoms. The van der Waals surface area contributed by atoms with Gasteiger partial charge in [-0.15, -0.1) is 0 Å². The van der Waals surface area contributed by atoms with Gasteiger partial charge >= 0.3 is 67.2 Å². The number of urea groups is 1. The zero-order valence-electron chi connectivity index (χ0n) is 13.8. The summed E-state index contributed by atoms with van der Waals surface area (Å²) in [7, 11) is 0. The van der Waals surface area contributed by atoms with Crippen LogP contribution in [0.3, 0.4) is 0 Å². The van der Waals surface area contributed by atoms with E-state index in [0.29, 0.717) is 17.1 Å². The minimum atomic E-state index is -1.30. The van der Waals surface area contributed by atoms with Crippen molar-refractivity contribution in [2.45, 2.75) is 0 Å². The number of carbonyl (C=O) groups is 2. The number of nitro groups is 1. The molecule has 3 rings (SSSR count). The Labute approximate surface area is 188 Å². The molecule has 29 heavy (non-hydrogen) atoms. The maximum atomic E-state index is 11.3. The van der Waals surface area contributed by atoms with Gasteiger partial charge in [-0.25, -0.2) is 9.80 Å². The van der Waals surface area contributed by atoms with Crippen molar-refractivity contribution in [1.29, 1.82) is 0 Å². The van der Waals surface area contributed by atoms with Crippen LogP contribution in [-0.4, -0.2) is 85.6 Å². The normalized spacial score (nSPS) is 13.2. The molecule has 12 nitrogen and oxygen atoms in total. The van der Waals surface area contributed by atoms with E-state index in [2.05, 4.69) is 13.1 Å². The number of imide groups is 1. The van der Waals surface area contributed by atoms with E-state index in [4.69, 9.17) is 4.42 Å². The number of rotatable bonds is 6. The molecule has 15 heteroatoms. The summed E-state index contributed by atoms with van der Waals surface area (Å²) in [4.78, 5) is 32.5. The predicted octanol–water partition coefficient (Wildman–Crippen LogP) is 0.0244. The summed E-state index contributed by atoms with van der Waals surface area (Å²) in [5, 5.41) is 17.6. The van der Waals surface area contributed by atoms with E-state index in [0.717, 1.165) is 5.01 Å². The third-order valence-electron chi connectivity index (χ3n) is 3.15. The van der Waals surface area contributed by atoms with Crippen molar-refractivity contribution < 1.29 is 29.1 Å². The topological polar surface area (TPSA) is 161 Å². The van der Waals surface area contributed by atoms with E-state index < -0.39 is 48.9 Å². The van der Waals surface area contributed by atoms with Crippen molar-refractivity contribution in [2.75, 3.05) is 6.54 Å². The van der Waals surface area contributed by atoms with Crippen molar-refractivity contribution in [3.05, 3.63) is 52.3 Å². The number of amides is 3. The van der Waals surface area contributed by atoms with Gasteiger partial charge in [0, 0.05) is 17.7 Å². The first-order chi connectivity index (χ1) is 13.4. The van der Waals surface area contributed by atoms with Gasteiger partial charge in [0.05, 0.1) is 11.1 Å². The molecule has 1 aliphatic rings. The Bertz CT molecular complexity index is 928. The molecule has 0 saturated carbocycles. The van der Waals surface area contributed by atoms with Crippen LogP contribution in [-0.2, 0) is 15.0 Å². The first-order valence-corrected chi connectivity index (χ1v) is 10.3. The summed E-state index contributed by atoms with van der Waals surface area (Å²) in [6.07, 6.45) is 1.31. The number of non-ortho nitro benzene ring substituents is 1. The van der Waals surface area contributed by atoms with Crippen molar-refractivity contribution in [3.63, 3.8) is 0 Å². The minimum absolute atomic E-state index is 0. The zero-order valence-corrected chi connectivity index (χ0v) is 17.5. The summed E-state index contributed by atoms with van der Waals surface area (Å²) >= 11 is -2.61. The molecule has 2 heterocycles. The first kappa shape index (κ1) is 24.8. The fourth-order valence-corrected chi connectivity index (χ4v) is 2.34. The third kappa shape index (κ3) is 7.61. The number of hydrogen-bond donors (Lipinski definition) is 1. The van der Waals surface area contributed by atoms with Crippen molar-refractivity contribution in [2.24, 2.45) is 5.10 Å². The molecule has 0 spiro atoms. The Balaban J connectivity index is 0.000000628. The molecule has 0 atom stereocenters. The van der Waals surface area contributed by atoms with Crippen LogP contribution in [0.15, 0.2) is 45.9 Å². The van der Waals surface area contributed by atoms with Crippen LogP contribution in [0.4, 0.5) is 10.5 Å². The Morgan fingerprint density at radius 2 is 1.83 bits per heavy atom. The summed E-state index contributed by atoms with van der Waals surface area (Å²) in [5.74, 6) is 0.465. The summed E-state index contributed by atoms with van der Waals surface area (Å²) in [6, 6.07) is 8.63. The van der Waals surface area contributed by atoms with Crippen molar-refractivity contribution >= 4 is 74.8 Å². The molecule has 3 amide bonds. The van der Waals surface area contributed by atoms with Crippen LogP contribution in [0.2, 0.25) is 0 Å². The van der Waals surface area contributed by atoms with Gasteiger partial charge in [0.1, 0.15) is 18.1 Å². The van der Waals surface area contributed by atoms with E-state index >= 15 is 0 Å². The van der Waals surface area contributed by atoms with Gasteiger partial charge in [-0.3, -0.25) is 20.2 Å². The number of hydrazone groups is 1. The van der Waals surface area contributed by atoms with E-state index in [1.807, 2.05) is 0 Å². The van der Waals surface area contributed by atoms with Crippen LogP contribution in [0.25, 0.3) is 11.3 Å². The molecular weight excluding hydrogens is 509 g/mol. The Hall–Kier alpha value is -2.22. The number of nitrogens with one attached hydrogen (secondary N) is 1. The molecule has 1 aliphatic heterocycles. The number of nitro benzene ring substituents is 1. The molecule has 1 fully saturated rings. The van der Waals surface area contributed by atoms with E-state index in [1.54, 1.807) is 24.3 Å². The van der Waals surface area contributed by atoms with Crippen LogP contribution in [0, 0.1) is 10.1 Å². The number of nitrogens with zero attached hydrogens (tertiary/aromatic N) is 3. The molecule has 1 saturated heterocycles. The molecule has 2 aromatic rings. The molecule has 1 aromatic heterocycles. The van der Waals surface area contributed by atoms with E-state index in [9.17, 15) is 27.2 Å². The van der Waals surface area contributed by atoms with E-state index in [1.165, 1.54) is 18.3 Å². The van der Waals surface area contributed by atoms with Gasteiger partial charge in [-0.1, -0.05) is 0 Å². The van der Waals surface area contributed by atoms with Gasteiger partial charge in [0.15, 0.2) is 0 Å². The van der Waals surface area contributed by atoms with Crippen LogP contribution in [0.5, 0.6) is 0 Å². The molecule has 0 aliphatic carbocycles. The second-order valence-corrected chi connectivity index (χ2v) is 7.64. The maximum absolute atomic E-state index is 11.3. The number of benzene rings is 1. The number of hydrogen-bond acceptors (Lipinski definition) is 9. The van der Waals surface area contributed by atoms with E-state index in [-0.39, 0.29) is 31.1 Å². The number of carbonyl (C=O) groups excluding carboxylic acids is 2. The predicted molar refractivity (Wildman–Crippen MR) is 99.8 cm³/mol. The van der Waals surface area contributed by atoms with Crippen LogP contribution >= 0.6 is 0 Å². The van der Waals surface area contributed by atoms with Crippen LogP contribution < -0.4 is 5.32 Å². The standard InChI is InChI=1S/C14H10N4O5.As2O3.Li.H/c19-13-8-17(14(20)16-13)15-7-11-5-6-12(23-11)9-1-3-10(4-2-9)18(21)22;3-1-5-2-4;;/h1-7H,8H2,(H,16,19,20);;;. The average molecular weight is 520 g/mol.